The van der Waals surface area contributed by atoms with Crippen LogP contribution in [0.15, 0.2) is 36.4 Å². The molecule has 9 N–H and O–H groups in total. The molecule has 146 valence electrons. The molecule has 3 aromatic carbocycles. The Hall–Kier alpha value is -4.34. The van der Waals surface area contributed by atoms with Crippen LogP contribution < -0.4 is 4.90 Å². The van der Waals surface area contributed by atoms with Gasteiger partial charge in [0, 0.05) is 0 Å². The molecule has 0 unspecified atom stereocenters. The fourth-order valence-electron chi connectivity index (χ4n) is 2.61. The van der Waals surface area contributed by atoms with Crippen LogP contribution >= 0.6 is 0 Å². The van der Waals surface area contributed by atoms with Crippen LogP contribution in [-0.4, -0.2) is 46.0 Å². The van der Waals surface area contributed by atoms with Crippen molar-refractivity contribution in [3.63, 3.8) is 0 Å². The van der Waals surface area contributed by atoms with Crippen LogP contribution in [0.1, 0.15) is 0 Å². The van der Waals surface area contributed by atoms with E-state index in [0.717, 1.165) is 41.3 Å². The van der Waals surface area contributed by atoms with Gasteiger partial charge in [0.05, 0.1) is 17.1 Å². The van der Waals surface area contributed by atoms with Crippen molar-refractivity contribution in [1.29, 1.82) is 0 Å². The smallest absolute Gasteiger partial charge is 0.202 e. The van der Waals surface area contributed by atoms with Gasteiger partial charge in [0.25, 0.3) is 0 Å². The average Bonchev–Trinajstić information content (AvgIpc) is 2.67. The fraction of sp³-hybridized carbons (Fsp3) is 0. The zero-order valence-electron chi connectivity index (χ0n) is 13.9. The number of phenols is 9. The van der Waals surface area contributed by atoms with Gasteiger partial charge in [0.1, 0.15) is 0 Å². The maximum absolute atomic E-state index is 10.3. The first kappa shape index (κ1) is 18.5. The minimum atomic E-state index is -0.910. The molecule has 0 aliphatic carbocycles. The van der Waals surface area contributed by atoms with E-state index in [0.29, 0.717) is 0 Å². The summed E-state index contributed by atoms with van der Waals surface area (Å²) in [5.74, 6) is -7.28. The first-order valence-corrected chi connectivity index (χ1v) is 7.67. The largest absolute Gasteiger partial charge is 0.504 e. The van der Waals surface area contributed by atoms with E-state index in [2.05, 4.69) is 0 Å². The Balaban J connectivity index is 2.38. The van der Waals surface area contributed by atoms with Gasteiger partial charge < -0.3 is 46.0 Å². The Morgan fingerprint density at radius 1 is 0.357 bits per heavy atom. The highest BCUT2D eigenvalue weighted by molar-refractivity contribution is 5.89. The topological polar surface area (TPSA) is 185 Å². The molecular formula is C18H15NO9. The molecule has 0 aromatic heterocycles. The van der Waals surface area contributed by atoms with Gasteiger partial charge in [-0.15, -0.1) is 0 Å². The predicted octanol–water partition coefficient (Wildman–Crippen LogP) is 2.51. The first-order valence-electron chi connectivity index (χ1n) is 7.67. The minimum Gasteiger partial charge on any atom is -0.504 e. The molecule has 0 bridgehead atoms. The zero-order chi connectivity index (χ0) is 20.7. The molecule has 0 atom stereocenters. The number of benzene rings is 3. The van der Waals surface area contributed by atoms with Crippen LogP contribution in [0.4, 0.5) is 17.1 Å². The van der Waals surface area contributed by atoms with Crippen molar-refractivity contribution in [2.45, 2.75) is 0 Å². The Morgan fingerprint density at radius 2 is 0.607 bits per heavy atom. The molecule has 0 aliphatic rings. The lowest BCUT2D eigenvalue weighted by molar-refractivity contribution is 0.365. The van der Waals surface area contributed by atoms with E-state index in [1.165, 1.54) is 0 Å². The Bertz CT molecular complexity index is 945. The minimum absolute atomic E-state index is 0.295. The lowest BCUT2D eigenvalue weighted by Gasteiger charge is -2.28. The third kappa shape index (κ3) is 2.69. The van der Waals surface area contributed by atoms with Gasteiger partial charge in [-0.1, -0.05) is 0 Å². The summed E-state index contributed by atoms with van der Waals surface area (Å²) in [6.45, 7) is 0. The molecule has 10 heteroatoms. The number of hydrogen-bond donors (Lipinski definition) is 9. The van der Waals surface area contributed by atoms with Crippen LogP contribution in [0.5, 0.6) is 51.7 Å². The van der Waals surface area contributed by atoms with Crippen LogP contribution in [0.2, 0.25) is 0 Å². The summed E-state index contributed by atoms with van der Waals surface area (Å²) in [5.41, 5.74) is -0.886. The molecule has 0 spiro atoms. The highest BCUT2D eigenvalue weighted by atomic mass is 16.3. The van der Waals surface area contributed by atoms with E-state index in [1.807, 2.05) is 0 Å². The van der Waals surface area contributed by atoms with Crippen LogP contribution in [-0.2, 0) is 0 Å². The monoisotopic (exact) mass is 389 g/mol. The molecule has 0 fully saturated rings. The number of aromatic hydroxyl groups is 9. The van der Waals surface area contributed by atoms with Gasteiger partial charge in [-0.2, -0.15) is 0 Å². The average molecular weight is 389 g/mol. The van der Waals surface area contributed by atoms with Gasteiger partial charge in [0.15, 0.2) is 34.5 Å². The van der Waals surface area contributed by atoms with Crippen LogP contribution in [0, 0.1) is 0 Å². The molecule has 0 saturated heterocycles. The quantitative estimate of drug-likeness (QED) is 0.301. The van der Waals surface area contributed by atoms with Gasteiger partial charge in [-0.3, -0.25) is 4.90 Å². The van der Waals surface area contributed by atoms with Gasteiger partial charge in [-0.25, -0.2) is 0 Å². The van der Waals surface area contributed by atoms with Crippen molar-refractivity contribution in [2.75, 3.05) is 4.90 Å². The maximum Gasteiger partial charge on any atom is 0.202 e. The summed E-state index contributed by atoms with van der Waals surface area (Å²) < 4.78 is 0. The predicted molar refractivity (Wildman–Crippen MR) is 96.1 cm³/mol. The third-order valence-electron chi connectivity index (χ3n) is 4.05. The Labute approximate surface area is 156 Å². The molecule has 10 nitrogen and oxygen atoms in total. The van der Waals surface area contributed by atoms with E-state index in [9.17, 15) is 46.0 Å². The van der Waals surface area contributed by atoms with Crippen molar-refractivity contribution in [3.05, 3.63) is 36.4 Å². The number of phenolic OH excluding ortho intramolecular Hbond substituents is 9. The second kappa shape index (κ2) is 6.43. The molecule has 0 aliphatic heterocycles. The van der Waals surface area contributed by atoms with Crippen molar-refractivity contribution in [3.8, 4) is 51.7 Å². The van der Waals surface area contributed by atoms with E-state index in [1.54, 1.807) is 0 Å². The normalized spacial score (nSPS) is 10.7. The van der Waals surface area contributed by atoms with Crippen molar-refractivity contribution < 1.29 is 46.0 Å². The first-order chi connectivity index (χ1) is 13.1. The van der Waals surface area contributed by atoms with E-state index < -0.39 is 51.7 Å². The van der Waals surface area contributed by atoms with Crippen LogP contribution in [0.25, 0.3) is 0 Å². The number of rotatable bonds is 3. The summed E-state index contributed by atoms with van der Waals surface area (Å²) in [4.78, 5) is 0.900. The maximum atomic E-state index is 10.3. The lowest BCUT2D eigenvalue weighted by atomic mass is 10.1. The highest BCUT2D eigenvalue weighted by Crippen LogP contribution is 2.55. The van der Waals surface area contributed by atoms with E-state index in [-0.39, 0.29) is 17.1 Å². The molecule has 0 amide bonds. The molecule has 3 rings (SSSR count). The molecule has 0 heterocycles. The lowest BCUT2D eigenvalue weighted by Crippen LogP contribution is -2.11. The van der Waals surface area contributed by atoms with Gasteiger partial charge in [0.2, 0.25) is 17.2 Å². The van der Waals surface area contributed by atoms with Crippen molar-refractivity contribution in [2.24, 2.45) is 0 Å². The Morgan fingerprint density at radius 3 is 0.857 bits per heavy atom. The van der Waals surface area contributed by atoms with Crippen molar-refractivity contribution >= 4 is 17.1 Å². The molecule has 3 aromatic rings. The fourth-order valence-corrected chi connectivity index (χ4v) is 2.61. The summed E-state index contributed by atoms with van der Waals surface area (Å²) in [5, 5.41) is 88.9. The third-order valence-corrected chi connectivity index (χ3v) is 4.05. The Kier molecular flexibility index (Phi) is 4.24. The summed E-state index contributed by atoms with van der Waals surface area (Å²) in [6, 6.07) is 6.34. The van der Waals surface area contributed by atoms with E-state index in [4.69, 9.17) is 0 Å². The number of hydrogen-bond acceptors (Lipinski definition) is 10. The summed E-state index contributed by atoms with van der Waals surface area (Å²) in [7, 11) is 0. The second-order valence-corrected chi connectivity index (χ2v) is 5.74. The molecule has 0 radical (unpaired) electrons. The van der Waals surface area contributed by atoms with Crippen LogP contribution in [0.3, 0.4) is 0 Å². The van der Waals surface area contributed by atoms with E-state index >= 15 is 0 Å². The molecular weight excluding hydrogens is 374 g/mol. The highest BCUT2D eigenvalue weighted by Gasteiger charge is 2.27. The number of nitrogens with zero attached hydrogens (tertiary/aromatic N) is 1. The zero-order valence-corrected chi connectivity index (χ0v) is 13.9. The second-order valence-electron chi connectivity index (χ2n) is 5.74. The standard InChI is InChI=1S/C18H15NO9/c20-10-4-1-7(13(23)16(10)26)19(8-2-5-11(21)17(27)14(8)24)9-3-6-12(22)18(28)15(9)25/h1-6,20-28H. The molecule has 0 saturated carbocycles. The summed E-state index contributed by atoms with van der Waals surface area (Å²) >= 11 is 0. The van der Waals surface area contributed by atoms with Gasteiger partial charge in [-0.05, 0) is 36.4 Å². The van der Waals surface area contributed by atoms with Crippen molar-refractivity contribution in [1.82, 2.24) is 0 Å². The number of anilines is 3. The molecule has 28 heavy (non-hydrogen) atoms. The SMILES string of the molecule is Oc1ccc(N(c2ccc(O)c(O)c2O)c2ccc(O)c(O)c2O)c(O)c1O. The van der Waals surface area contributed by atoms with Gasteiger partial charge >= 0.3 is 0 Å². The summed E-state index contributed by atoms with van der Waals surface area (Å²) in [6.07, 6.45) is 0.